The van der Waals surface area contributed by atoms with Crippen molar-refractivity contribution >= 4 is 21.6 Å². The van der Waals surface area contributed by atoms with E-state index in [4.69, 9.17) is 9.47 Å². The molecule has 0 unspecified atom stereocenters. The lowest BCUT2D eigenvalue weighted by atomic mass is 10.1. The van der Waals surface area contributed by atoms with Crippen molar-refractivity contribution in [1.82, 2.24) is 5.32 Å². The molecule has 3 aromatic rings. The number of para-hydroxylation sites is 1. The van der Waals surface area contributed by atoms with Crippen LogP contribution in [0.2, 0.25) is 0 Å². The molecular formula is C24H24N2O5S. The maximum Gasteiger partial charge on any atom is 0.264 e. The number of fused-ring (bicyclic) bond motifs is 1. The number of hydrogen-bond donors (Lipinski definition) is 1. The molecule has 1 aliphatic heterocycles. The summed E-state index contributed by atoms with van der Waals surface area (Å²) in [6.45, 7) is 2.29. The van der Waals surface area contributed by atoms with Crippen molar-refractivity contribution in [1.29, 1.82) is 0 Å². The van der Waals surface area contributed by atoms with E-state index in [9.17, 15) is 13.2 Å². The van der Waals surface area contributed by atoms with Gasteiger partial charge in [-0.25, -0.2) is 8.42 Å². The number of aryl methyl sites for hydroxylation is 1. The molecule has 0 spiro atoms. The molecule has 0 aromatic heterocycles. The van der Waals surface area contributed by atoms with E-state index in [2.05, 4.69) is 5.32 Å². The fraction of sp³-hybridized carbons (Fsp3) is 0.208. The first-order valence-corrected chi connectivity index (χ1v) is 11.7. The van der Waals surface area contributed by atoms with E-state index in [0.717, 1.165) is 5.56 Å². The van der Waals surface area contributed by atoms with Crippen LogP contribution in [0.1, 0.15) is 5.56 Å². The number of sulfonamides is 1. The Morgan fingerprint density at radius 2 is 1.75 bits per heavy atom. The Kier molecular flexibility index (Phi) is 6.32. The summed E-state index contributed by atoms with van der Waals surface area (Å²) in [6, 6.07) is 22.7. The van der Waals surface area contributed by atoms with Crippen molar-refractivity contribution < 1.29 is 22.7 Å². The monoisotopic (exact) mass is 452 g/mol. The minimum atomic E-state index is -3.87. The normalized spacial score (nSPS) is 15.4. The van der Waals surface area contributed by atoms with E-state index in [1.807, 2.05) is 43.3 Å². The second kappa shape index (κ2) is 9.32. The first kappa shape index (κ1) is 21.7. The van der Waals surface area contributed by atoms with Crippen molar-refractivity contribution in [2.75, 3.05) is 24.0 Å². The van der Waals surface area contributed by atoms with Gasteiger partial charge in [0.05, 0.1) is 23.7 Å². The molecule has 166 valence electrons. The second-order valence-electron chi connectivity index (χ2n) is 7.38. The van der Waals surface area contributed by atoms with Gasteiger partial charge in [0.25, 0.3) is 15.9 Å². The zero-order chi connectivity index (χ0) is 22.6. The molecule has 0 saturated carbocycles. The molecule has 0 bridgehead atoms. The largest absolute Gasteiger partial charge is 0.492 e. The van der Waals surface area contributed by atoms with Crippen LogP contribution in [0.5, 0.6) is 11.5 Å². The molecule has 8 heteroatoms. The van der Waals surface area contributed by atoms with Crippen molar-refractivity contribution in [2.24, 2.45) is 0 Å². The predicted molar refractivity (Wildman–Crippen MR) is 122 cm³/mol. The number of rotatable bonds is 7. The molecular weight excluding hydrogens is 428 g/mol. The number of carbonyl (C=O) groups excluding carboxylic acids is 1. The first-order valence-electron chi connectivity index (χ1n) is 10.3. The third-order valence-electron chi connectivity index (χ3n) is 5.02. The molecule has 1 atom stereocenters. The molecule has 1 heterocycles. The van der Waals surface area contributed by atoms with E-state index in [1.54, 1.807) is 30.3 Å². The number of nitrogens with zero attached hydrogens (tertiary/aromatic N) is 1. The summed E-state index contributed by atoms with van der Waals surface area (Å²) in [5.41, 5.74) is 1.31. The number of ether oxygens (including phenoxy) is 2. The maximum absolute atomic E-state index is 13.4. The fourth-order valence-corrected chi connectivity index (χ4v) is 4.91. The van der Waals surface area contributed by atoms with Crippen LogP contribution in [0.15, 0.2) is 83.8 Å². The average Bonchev–Trinajstić information content (AvgIpc) is 2.82. The Balaban J connectivity index is 1.50. The highest BCUT2D eigenvalue weighted by Crippen LogP contribution is 2.37. The lowest BCUT2D eigenvalue weighted by molar-refractivity contribution is -0.127. The molecule has 32 heavy (non-hydrogen) atoms. The molecule has 3 aromatic carbocycles. The van der Waals surface area contributed by atoms with Gasteiger partial charge in [0.15, 0.2) is 6.10 Å². The molecule has 1 aliphatic rings. The number of hydrogen-bond acceptors (Lipinski definition) is 5. The van der Waals surface area contributed by atoms with E-state index < -0.39 is 22.0 Å². The fourth-order valence-electron chi connectivity index (χ4n) is 3.42. The molecule has 4 rings (SSSR count). The standard InChI is InChI=1S/C24H24N2O5S/c1-18-12-13-22-21(16-18)26(32(28,29)20-10-6-3-7-11-20)17-23(31-22)24(27)25-14-15-30-19-8-4-2-5-9-19/h2-13,16,23H,14-15,17H2,1H3,(H,25,27)/t23-/m1/s1. The van der Waals surface area contributed by atoms with Gasteiger partial charge >= 0.3 is 0 Å². The van der Waals surface area contributed by atoms with Crippen molar-refractivity contribution in [3.05, 3.63) is 84.4 Å². The number of amides is 1. The minimum absolute atomic E-state index is 0.126. The predicted octanol–water partition coefficient (Wildman–Crippen LogP) is 3.15. The molecule has 0 aliphatic carbocycles. The van der Waals surface area contributed by atoms with Gasteiger partial charge in [0.1, 0.15) is 18.1 Å². The summed E-state index contributed by atoms with van der Waals surface area (Å²) in [5, 5.41) is 2.77. The highest BCUT2D eigenvalue weighted by molar-refractivity contribution is 7.92. The van der Waals surface area contributed by atoms with Crippen molar-refractivity contribution in [3.63, 3.8) is 0 Å². The Hall–Kier alpha value is -3.52. The average molecular weight is 453 g/mol. The molecule has 1 amide bonds. The van der Waals surface area contributed by atoms with Gasteiger partial charge in [-0.2, -0.15) is 0 Å². The Morgan fingerprint density at radius 3 is 2.47 bits per heavy atom. The van der Waals surface area contributed by atoms with Crippen LogP contribution >= 0.6 is 0 Å². The van der Waals surface area contributed by atoms with Crippen LogP contribution in [0.3, 0.4) is 0 Å². The van der Waals surface area contributed by atoms with Gasteiger partial charge in [-0.1, -0.05) is 42.5 Å². The third-order valence-corrected chi connectivity index (χ3v) is 6.81. The van der Waals surface area contributed by atoms with Crippen LogP contribution in [-0.2, 0) is 14.8 Å². The molecule has 0 radical (unpaired) electrons. The maximum atomic E-state index is 13.4. The second-order valence-corrected chi connectivity index (χ2v) is 9.24. The summed E-state index contributed by atoms with van der Waals surface area (Å²) in [7, 11) is -3.87. The van der Waals surface area contributed by atoms with Crippen molar-refractivity contribution in [3.8, 4) is 11.5 Å². The molecule has 0 saturated heterocycles. The van der Waals surface area contributed by atoms with Gasteiger partial charge in [0.2, 0.25) is 0 Å². The van der Waals surface area contributed by atoms with Gasteiger partial charge in [0, 0.05) is 0 Å². The number of benzene rings is 3. The highest BCUT2D eigenvalue weighted by Gasteiger charge is 2.37. The van der Waals surface area contributed by atoms with Gasteiger partial charge in [-0.05, 0) is 48.9 Å². The van der Waals surface area contributed by atoms with Crippen LogP contribution < -0.4 is 19.1 Å². The minimum Gasteiger partial charge on any atom is -0.492 e. The molecule has 1 N–H and O–H groups in total. The summed E-state index contributed by atoms with van der Waals surface area (Å²) < 4.78 is 39.4. The number of anilines is 1. The zero-order valence-corrected chi connectivity index (χ0v) is 18.4. The van der Waals surface area contributed by atoms with E-state index >= 15 is 0 Å². The topological polar surface area (TPSA) is 84.9 Å². The highest BCUT2D eigenvalue weighted by atomic mass is 32.2. The zero-order valence-electron chi connectivity index (χ0n) is 17.6. The summed E-state index contributed by atoms with van der Waals surface area (Å²) >= 11 is 0. The SMILES string of the molecule is Cc1ccc2c(c1)N(S(=O)(=O)c1ccccc1)C[C@H](C(=O)NCCOc1ccccc1)O2. The Labute approximate surface area is 187 Å². The lowest BCUT2D eigenvalue weighted by Crippen LogP contribution is -2.51. The first-order chi connectivity index (χ1) is 15.4. The van der Waals surface area contributed by atoms with Gasteiger partial charge < -0.3 is 14.8 Å². The van der Waals surface area contributed by atoms with Crippen LogP contribution in [0.4, 0.5) is 5.69 Å². The summed E-state index contributed by atoms with van der Waals surface area (Å²) in [4.78, 5) is 12.9. The van der Waals surface area contributed by atoms with Gasteiger partial charge in [-0.3, -0.25) is 9.10 Å². The number of nitrogens with one attached hydrogen (secondary N) is 1. The van der Waals surface area contributed by atoms with Crippen LogP contribution in [0, 0.1) is 6.92 Å². The summed E-state index contributed by atoms with van der Waals surface area (Å²) in [6.07, 6.45) is -0.986. The van der Waals surface area contributed by atoms with E-state index in [1.165, 1.54) is 16.4 Å². The third kappa shape index (κ3) is 4.70. The van der Waals surface area contributed by atoms with Crippen molar-refractivity contribution in [2.45, 2.75) is 17.9 Å². The van der Waals surface area contributed by atoms with E-state index in [0.29, 0.717) is 17.2 Å². The Morgan fingerprint density at radius 1 is 1.06 bits per heavy atom. The van der Waals surface area contributed by atoms with Crippen LogP contribution in [-0.4, -0.2) is 40.1 Å². The number of carbonyl (C=O) groups is 1. The van der Waals surface area contributed by atoms with E-state index in [-0.39, 0.29) is 24.6 Å². The Bertz CT molecular complexity index is 1180. The quantitative estimate of drug-likeness (QED) is 0.557. The lowest BCUT2D eigenvalue weighted by Gasteiger charge is -2.35. The molecule has 0 fully saturated rings. The molecule has 7 nitrogen and oxygen atoms in total. The van der Waals surface area contributed by atoms with Crippen LogP contribution in [0.25, 0.3) is 0 Å². The smallest absolute Gasteiger partial charge is 0.264 e. The van der Waals surface area contributed by atoms with Gasteiger partial charge in [-0.15, -0.1) is 0 Å². The summed E-state index contributed by atoms with van der Waals surface area (Å²) in [5.74, 6) is 0.656.